The van der Waals surface area contributed by atoms with E-state index in [-0.39, 0.29) is 5.78 Å². The predicted molar refractivity (Wildman–Crippen MR) is 39.8 cm³/mol. The van der Waals surface area contributed by atoms with Crippen molar-refractivity contribution >= 4 is 5.78 Å². The zero-order valence-electron chi connectivity index (χ0n) is 6.00. The number of nitrogens with zero attached hydrogens (tertiary/aromatic N) is 1. The summed E-state index contributed by atoms with van der Waals surface area (Å²) in [6.45, 7) is 6.23. The Morgan fingerprint density at radius 3 is 2.80 bits per heavy atom. The maximum Gasteiger partial charge on any atom is 0.164 e. The number of Topliss-reactive ketones (excluding diaryl/α,β-unsaturated/α-hetero) is 1. The molecule has 0 amide bonds. The van der Waals surface area contributed by atoms with E-state index in [2.05, 4.69) is 6.92 Å². The molecule has 0 aliphatic carbocycles. The Hall–Kier alpha value is -1.05. The normalized spacial score (nSPS) is 9.80. The number of carbonyl (C=O) groups is 1. The van der Waals surface area contributed by atoms with Gasteiger partial charge in [-0.15, -0.1) is 0 Å². The zero-order chi connectivity index (χ0) is 7.56. The quantitative estimate of drug-likeness (QED) is 0.565. The maximum absolute atomic E-state index is 10.7. The van der Waals surface area contributed by atoms with Crippen molar-refractivity contribution in [1.29, 1.82) is 0 Å². The summed E-state index contributed by atoms with van der Waals surface area (Å²) in [5, 5.41) is 0. The molecule has 10 heavy (non-hydrogen) atoms. The molecule has 0 atom stereocenters. The van der Waals surface area contributed by atoms with Crippen LogP contribution in [0.3, 0.4) is 0 Å². The van der Waals surface area contributed by atoms with E-state index < -0.39 is 0 Å². The number of carbonyl (C=O) groups excluding carboxylic acids is 1. The van der Waals surface area contributed by atoms with Gasteiger partial charge in [0.1, 0.15) is 0 Å². The molecule has 1 radical (unpaired) electrons. The lowest BCUT2D eigenvalue weighted by molar-refractivity contribution is 0.104. The third-order valence-electron chi connectivity index (χ3n) is 1.44. The largest absolute Gasteiger partial charge is 0.354 e. The second-order valence-electron chi connectivity index (χ2n) is 2.15. The lowest BCUT2D eigenvalue weighted by atomic mass is 10.2. The first kappa shape index (κ1) is 7.06. The monoisotopic (exact) mass is 136 g/mol. The van der Waals surface area contributed by atoms with E-state index in [0.717, 1.165) is 6.54 Å². The van der Waals surface area contributed by atoms with Gasteiger partial charge in [0.15, 0.2) is 5.78 Å². The topological polar surface area (TPSA) is 22.0 Å². The van der Waals surface area contributed by atoms with Crippen LogP contribution in [0, 0.1) is 6.92 Å². The van der Waals surface area contributed by atoms with E-state index in [0.29, 0.717) is 5.56 Å². The molecule has 0 aliphatic rings. The highest BCUT2D eigenvalue weighted by atomic mass is 16.1. The van der Waals surface area contributed by atoms with Crippen LogP contribution >= 0.6 is 0 Å². The molecule has 2 heteroatoms. The summed E-state index contributed by atoms with van der Waals surface area (Å²) in [6.07, 6.45) is 3.67. The highest BCUT2D eigenvalue weighted by molar-refractivity contribution is 5.99. The maximum atomic E-state index is 10.7. The Balaban J connectivity index is 2.88. The minimum atomic E-state index is -0.118. The summed E-state index contributed by atoms with van der Waals surface area (Å²) < 4.78 is 1.94. The minimum absolute atomic E-state index is 0.118. The molecule has 53 valence electrons. The minimum Gasteiger partial charge on any atom is -0.354 e. The van der Waals surface area contributed by atoms with Crippen molar-refractivity contribution in [3.8, 4) is 0 Å². The molecule has 0 aliphatic heterocycles. The van der Waals surface area contributed by atoms with Crippen molar-refractivity contribution in [3.05, 3.63) is 30.9 Å². The van der Waals surface area contributed by atoms with Crippen LogP contribution in [0.2, 0.25) is 0 Å². The lowest BCUT2D eigenvalue weighted by Crippen LogP contribution is -1.91. The molecule has 0 unspecified atom stereocenters. The smallest absolute Gasteiger partial charge is 0.164 e. The van der Waals surface area contributed by atoms with E-state index in [1.807, 2.05) is 17.7 Å². The SMILES string of the molecule is [CH2]C(=O)c1ccn(CC)c1. The first-order valence-corrected chi connectivity index (χ1v) is 3.26. The molecule has 1 rings (SSSR count). The summed E-state index contributed by atoms with van der Waals surface area (Å²) in [5.41, 5.74) is 0.682. The Kier molecular flexibility index (Phi) is 1.90. The fraction of sp³-hybridized carbons (Fsp3) is 0.250. The zero-order valence-corrected chi connectivity index (χ0v) is 6.00. The molecular weight excluding hydrogens is 126 g/mol. The van der Waals surface area contributed by atoms with Crippen molar-refractivity contribution in [3.63, 3.8) is 0 Å². The van der Waals surface area contributed by atoms with E-state index in [1.165, 1.54) is 0 Å². The Morgan fingerprint density at radius 2 is 2.50 bits per heavy atom. The average Bonchev–Trinajstić information content (AvgIpc) is 2.34. The highest BCUT2D eigenvalue weighted by Gasteiger charge is 1.98. The van der Waals surface area contributed by atoms with Gasteiger partial charge in [-0.3, -0.25) is 4.79 Å². The first-order valence-electron chi connectivity index (χ1n) is 3.26. The molecule has 0 bridgehead atoms. The van der Waals surface area contributed by atoms with Crippen molar-refractivity contribution in [1.82, 2.24) is 4.57 Å². The van der Waals surface area contributed by atoms with E-state index in [4.69, 9.17) is 0 Å². The molecule has 1 aromatic heterocycles. The van der Waals surface area contributed by atoms with E-state index in [9.17, 15) is 4.79 Å². The fourth-order valence-electron chi connectivity index (χ4n) is 0.802. The third kappa shape index (κ3) is 1.26. The Bertz CT molecular complexity index is 237. The summed E-state index contributed by atoms with van der Waals surface area (Å²) in [4.78, 5) is 10.7. The number of aryl methyl sites for hydroxylation is 1. The van der Waals surface area contributed by atoms with Crippen molar-refractivity contribution in [2.45, 2.75) is 13.5 Å². The van der Waals surface area contributed by atoms with Gasteiger partial charge in [-0.2, -0.15) is 0 Å². The molecule has 0 spiro atoms. The van der Waals surface area contributed by atoms with Gasteiger partial charge in [0.05, 0.1) is 0 Å². The summed E-state index contributed by atoms with van der Waals surface area (Å²) in [6, 6.07) is 1.78. The lowest BCUT2D eigenvalue weighted by Gasteiger charge is -1.91. The number of hydrogen-bond acceptors (Lipinski definition) is 1. The van der Waals surface area contributed by atoms with Crippen LogP contribution in [-0.2, 0) is 6.54 Å². The second-order valence-corrected chi connectivity index (χ2v) is 2.15. The molecule has 1 heterocycles. The number of aromatic nitrogens is 1. The van der Waals surface area contributed by atoms with Gasteiger partial charge in [0, 0.05) is 31.4 Å². The Morgan fingerprint density at radius 1 is 1.80 bits per heavy atom. The van der Waals surface area contributed by atoms with Crippen LogP contribution < -0.4 is 0 Å². The van der Waals surface area contributed by atoms with Gasteiger partial charge in [-0.05, 0) is 13.0 Å². The molecule has 0 N–H and O–H groups in total. The van der Waals surface area contributed by atoms with E-state index in [1.54, 1.807) is 12.3 Å². The summed E-state index contributed by atoms with van der Waals surface area (Å²) in [7, 11) is 0. The fourth-order valence-corrected chi connectivity index (χ4v) is 0.802. The van der Waals surface area contributed by atoms with Crippen LogP contribution in [0.4, 0.5) is 0 Å². The molecule has 1 aromatic rings. The third-order valence-corrected chi connectivity index (χ3v) is 1.44. The van der Waals surface area contributed by atoms with Crippen molar-refractivity contribution in [2.24, 2.45) is 0 Å². The Labute approximate surface area is 60.5 Å². The predicted octanol–water partition coefficient (Wildman–Crippen LogP) is 1.52. The van der Waals surface area contributed by atoms with E-state index >= 15 is 0 Å². The van der Waals surface area contributed by atoms with Gasteiger partial charge in [0.25, 0.3) is 0 Å². The number of rotatable bonds is 2. The summed E-state index contributed by atoms with van der Waals surface area (Å²) in [5.74, 6) is -0.118. The first-order chi connectivity index (χ1) is 4.74. The molecule has 0 saturated heterocycles. The molecule has 0 fully saturated rings. The van der Waals surface area contributed by atoms with Crippen LogP contribution in [0.1, 0.15) is 17.3 Å². The molecule has 0 aromatic carbocycles. The summed E-state index contributed by atoms with van der Waals surface area (Å²) >= 11 is 0. The van der Waals surface area contributed by atoms with Gasteiger partial charge in [0.2, 0.25) is 0 Å². The van der Waals surface area contributed by atoms with Crippen LogP contribution in [-0.4, -0.2) is 10.4 Å². The molecular formula is C8H10NO. The molecule has 2 nitrogen and oxygen atoms in total. The van der Waals surface area contributed by atoms with Crippen LogP contribution in [0.25, 0.3) is 0 Å². The standard InChI is InChI=1S/C8H10NO/c1-3-9-5-4-8(6-9)7(2)10/h4-6H,2-3H2,1H3. The van der Waals surface area contributed by atoms with Crippen LogP contribution in [0.15, 0.2) is 18.5 Å². The van der Waals surface area contributed by atoms with Gasteiger partial charge in [-0.25, -0.2) is 0 Å². The molecule has 0 saturated carbocycles. The van der Waals surface area contributed by atoms with Crippen LogP contribution in [0.5, 0.6) is 0 Å². The highest BCUT2D eigenvalue weighted by Crippen LogP contribution is 2.00. The number of ketones is 1. The number of hydrogen-bond donors (Lipinski definition) is 0. The van der Waals surface area contributed by atoms with Gasteiger partial charge in [-0.1, -0.05) is 0 Å². The van der Waals surface area contributed by atoms with Gasteiger partial charge >= 0.3 is 0 Å². The van der Waals surface area contributed by atoms with Crippen molar-refractivity contribution < 1.29 is 4.79 Å². The van der Waals surface area contributed by atoms with Crippen molar-refractivity contribution in [2.75, 3.05) is 0 Å². The second kappa shape index (κ2) is 2.69. The average molecular weight is 136 g/mol. The van der Waals surface area contributed by atoms with Gasteiger partial charge < -0.3 is 4.57 Å².